The van der Waals surface area contributed by atoms with Crippen molar-refractivity contribution in [1.29, 1.82) is 5.26 Å². The van der Waals surface area contributed by atoms with Gasteiger partial charge in [-0.3, -0.25) is 4.79 Å². The third-order valence-electron chi connectivity index (χ3n) is 5.52. The van der Waals surface area contributed by atoms with Crippen molar-refractivity contribution in [2.24, 2.45) is 10.9 Å². The standard InChI is InChI=1S/C24H22F3N5O/c25-24(26,27)20-4-2-1-3-18(20)13-30-23-31-14-19(22(33)29-12-16-5-6-16)21(32-23)17-9-7-15(11-28)8-10-17/h1-4,7-10,16H,5-6,12-14H2,(H,29,33)(H2,30,31,32). The molecule has 2 aromatic rings. The normalized spacial score (nSPS) is 15.9. The van der Waals surface area contributed by atoms with Gasteiger partial charge in [-0.2, -0.15) is 18.4 Å². The van der Waals surface area contributed by atoms with Gasteiger partial charge in [-0.25, -0.2) is 4.99 Å². The minimum atomic E-state index is -4.46. The van der Waals surface area contributed by atoms with Gasteiger partial charge in [0.1, 0.15) is 0 Å². The molecule has 170 valence electrons. The lowest BCUT2D eigenvalue weighted by atomic mass is 10.0. The Morgan fingerprint density at radius 2 is 1.88 bits per heavy atom. The third kappa shape index (κ3) is 5.52. The van der Waals surface area contributed by atoms with E-state index < -0.39 is 11.7 Å². The molecule has 0 spiro atoms. The first-order chi connectivity index (χ1) is 15.8. The molecule has 0 aromatic heterocycles. The summed E-state index contributed by atoms with van der Waals surface area (Å²) >= 11 is 0. The summed E-state index contributed by atoms with van der Waals surface area (Å²) in [6.07, 6.45) is -2.25. The predicted octanol–water partition coefficient (Wildman–Crippen LogP) is 3.56. The lowest BCUT2D eigenvalue weighted by Crippen LogP contribution is -2.43. The van der Waals surface area contributed by atoms with Crippen LogP contribution in [0.25, 0.3) is 5.70 Å². The van der Waals surface area contributed by atoms with Gasteiger partial charge in [0, 0.05) is 18.7 Å². The van der Waals surface area contributed by atoms with Crippen LogP contribution in [0.5, 0.6) is 0 Å². The number of nitrogens with zero attached hydrogens (tertiary/aromatic N) is 2. The molecule has 33 heavy (non-hydrogen) atoms. The first-order valence-corrected chi connectivity index (χ1v) is 10.6. The Hall–Kier alpha value is -3.80. The molecule has 0 saturated heterocycles. The summed E-state index contributed by atoms with van der Waals surface area (Å²) in [5.41, 5.74) is 1.34. The number of hydrogen-bond acceptors (Lipinski definition) is 5. The molecule has 0 atom stereocenters. The number of amides is 1. The first kappa shape index (κ1) is 22.4. The van der Waals surface area contributed by atoms with Gasteiger partial charge < -0.3 is 16.0 Å². The Labute approximate surface area is 189 Å². The van der Waals surface area contributed by atoms with E-state index in [2.05, 4.69) is 20.9 Å². The average molecular weight is 453 g/mol. The van der Waals surface area contributed by atoms with Crippen molar-refractivity contribution in [1.82, 2.24) is 16.0 Å². The average Bonchev–Trinajstić information content (AvgIpc) is 3.65. The fourth-order valence-corrected chi connectivity index (χ4v) is 3.50. The second-order valence-corrected chi connectivity index (χ2v) is 7.99. The smallest absolute Gasteiger partial charge is 0.352 e. The molecule has 1 aliphatic carbocycles. The van der Waals surface area contributed by atoms with Gasteiger partial charge in [0.2, 0.25) is 0 Å². The number of guanidine groups is 1. The van der Waals surface area contributed by atoms with Crippen LogP contribution in [0.4, 0.5) is 13.2 Å². The number of carbonyl (C=O) groups excluding carboxylic acids is 1. The highest BCUT2D eigenvalue weighted by atomic mass is 19.4. The molecule has 1 fully saturated rings. The van der Waals surface area contributed by atoms with Crippen LogP contribution in [0.1, 0.15) is 35.1 Å². The molecule has 1 aliphatic heterocycles. The van der Waals surface area contributed by atoms with E-state index in [0.717, 1.165) is 18.9 Å². The Morgan fingerprint density at radius 1 is 1.15 bits per heavy atom. The molecule has 1 heterocycles. The summed E-state index contributed by atoms with van der Waals surface area (Å²) in [6.45, 7) is 0.677. The van der Waals surface area contributed by atoms with Crippen LogP contribution >= 0.6 is 0 Å². The number of benzene rings is 2. The van der Waals surface area contributed by atoms with Crippen LogP contribution in [0.3, 0.4) is 0 Å². The summed E-state index contributed by atoms with van der Waals surface area (Å²) < 4.78 is 39.9. The molecular formula is C24H22F3N5O. The molecule has 6 nitrogen and oxygen atoms in total. The van der Waals surface area contributed by atoms with Crippen LogP contribution < -0.4 is 16.0 Å². The van der Waals surface area contributed by atoms with Crippen LogP contribution in [0.2, 0.25) is 0 Å². The molecule has 1 amide bonds. The second-order valence-electron chi connectivity index (χ2n) is 7.99. The number of carbonyl (C=O) groups is 1. The summed E-state index contributed by atoms with van der Waals surface area (Å²) in [4.78, 5) is 17.3. The SMILES string of the molecule is N#Cc1ccc(C2=C(C(=O)NCC3CC3)CNC(NCc3ccccc3C(F)(F)F)=N2)cc1. The van der Waals surface area contributed by atoms with Gasteiger partial charge in [-0.05, 0) is 42.5 Å². The number of hydrogen-bond donors (Lipinski definition) is 3. The highest BCUT2D eigenvalue weighted by Crippen LogP contribution is 2.32. The number of nitriles is 1. The summed E-state index contributed by atoms with van der Waals surface area (Å²) in [7, 11) is 0. The molecule has 1 saturated carbocycles. The van der Waals surface area contributed by atoms with Gasteiger partial charge >= 0.3 is 6.18 Å². The first-order valence-electron chi connectivity index (χ1n) is 10.6. The molecule has 0 unspecified atom stereocenters. The fraction of sp³-hybridized carbons (Fsp3) is 0.292. The maximum absolute atomic E-state index is 13.3. The molecule has 0 bridgehead atoms. The molecule has 9 heteroatoms. The Bertz CT molecular complexity index is 1140. The van der Waals surface area contributed by atoms with Crippen molar-refractivity contribution in [3.63, 3.8) is 0 Å². The number of nitrogens with one attached hydrogen (secondary N) is 3. The highest BCUT2D eigenvalue weighted by molar-refractivity contribution is 6.05. The van der Waals surface area contributed by atoms with Crippen molar-refractivity contribution in [3.05, 3.63) is 76.4 Å². The predicted molar refractivity (Wildman–Crippen MR) is 118 cm³/mol. The molecule has 0 radical (unpaired) electrons. The van der Waals surface area contributed by atoms with E-state index in [-0.39, 0.29) is 30.5 Å². The van der Waals surface area contributed by atoms with Crippen LogP contribution in [-0.2, 0) is 17.5 Å². The van der Waals surface area contributed by atoms with Gasteiger partial charge in [0.05, 0.1) is 35.0 Å². The molecule has 4 rings (SSSR count). The zero-order valence-electron chi connectivity index (χ0n) is 17.7. The number of rotatable bonds is 6. The van der Waals surface area contributed by atoms with Gasteiger partial charge in [0.15, 0.2) is 5.96 Å². The minimum Gasteiger partial charge on any atom is -0.352 e. The van der Waals surface area contributed by atoms with Gasteiger partial charge in [-0.1, -0.05) is 30.3 Å². The van der Waals surface area contributed by atoms with E-state index in [4.69, 9.17) is 5.26 Å². The van der Waals surface area contributed by atoms with Crippen LogP contribution in [0, 0.1) is 17.2 Å². The van der Waals surface area contributed by atoms with Crippen molar-refractivity contribution in [3.8, 4) is 6.07 Å². The maximum Gasteiger partial charge on any atom is 0.416 e. The maximum atomic E-state index is 13.3. The lowest BCUT2D eigenvalue weighted by Gasteiger charge is -2.22. The number of halogens is 3. The summed E-state index contributed by atoms with van der Waals surface area (Å²) in [5, 5.41) is 17.9. The lowest BCUT2D eigenvalue weighted by molar-refractivity contribution is -0.138. The van der Waals surface area contributed by atoms with Crippen LogP contribution in [0.15, 0.2) is 59.1 Å². The van der Waals surface area contributed by atoms with E-state index in [9.17, 15) is 18.0 Å². The van der Waals surface area contributed by atoms with Gasteiger partial charge in [0.25, 0.3) is 5.91 Å². The molecule has 2 aromatic carbocycles. The number of alkyl halides is 3. The van der Waals surface area contributed by atoms with E-state index >= 15 is 0 Å². The second kappa shape index (κ2) is 9.36. The number of aliphatic imine (C=N–C) groups is 1. The van der Waals surface area contributed by atoms with E-state index in [0.29, 0.717) is 34.9 Å². The van der Waals surface area contributed by atoms with Gasteiger partial charge in [-0.15, -0.1) is 0 Å². The van der Waals surface area contributed by atoms with Crippen LogP contribution in [-0.4, -0.2) is 25.0 Å². The van der Waals surface area contributed by atoms with E-state index in [1.54, 1.807) is 30.3 Å². The monoisotopic (exact) mass is 453 g/mol. The van der Waals surface area contributed by atoms with Crippen molar-refractivity contribution in [2.45, 2.75) is 25.6 Å². The van der Waals surface area contributed by atoms with E-state index in [1.165, 1.54) is 12.1 Å². The molecule has 2 aliphatic rings. The molecule has 3 N–H and O–H groups in total. The minimum absolute atomic E-state index is 0.0892. The van der Waals surface area contributed by atoms with Crippen molar-refractivity contribution < 1.29 is 18.0 Å². The topological polar surface area (TPSA) is 89.3 Å². The summed E-state index contributed by atoms with van der Waals surface area (Å²) in [5.74, 6) is 0.544. The third-order valence-corrected chi connectivity index (χ3v) is 5.52. The van der Waals surface area contributed by atoms with E-state index in [1.807, 2.05) is 6.07 Å². The quantitative estimate of drug-likeness (QED) is 0.624. The Morgan fingerprint density at radius 3 is 2.55 bits per heavy atom. The zero-order valence-corrected chi connectivity index (χ0v) is 17.7. The largest absolute Gasteiger partial charge is 0.416 e. The zero-order chi connectivity index (χ0) is 23.4. The Balaban J connectivity index is 1.59. The Kier molecular flexibility index (Phi) is 6.36. The van der Waals surface area contributed by atoms with Crippen molar-refractivity contribution >= 4 is 17.6 Å². The highest BCUT2D eigenvalue weighted by Gasteiger charge is 2.33. The fourth-order valence-electron chi connectivity index (χ4n) is 3.50. The summed E-state index contributed by atoms with van der Waals surface area (Å²) in [6, 6.07) is 14.1. The van der Waals surface area contributed by atoms with Crippen molar-refractivity contribution in [2.75, 3.05) is 13.1 Å². The molecular weight excluding hydrogens is 431 g/mol.